The number of carbonyl (C=O) groups is 1. The van der Waals surface area contributed by atoms with Crippen molar-refractivity contribution in [3.05, 3.63) is 46.5 Å². The van der Waals surface area contributed by atoms with E-state index in [9.17, 15) is 4.79 Å². The highest BCUT2D eigenvalue weighted by molar-refractivity contribution is 5.68. The van der Waals surface area contributed by atoms with Crippen LogP contribution in [-0.4, -0.2) is 53.2 Å². The Morgan fingerprint density at radius 3 is 2.08 bits per heavy atom. The van der Waals surface area contributed by atoms with E-state index in [-0.39, 0.29) is 13.3 Å². The molecule has 0 fully saturated rings. The van der Waals surface area contributed by atoms with Gasteiger partial charge < -0.3 is 38.5 Å². The van der Waals surface area contributed by atoms with Gasteiger partial charge in [-0.05, 0) is 50.1 Å². The second-order valence-electron chi connectivity index (χ2n) is 8.94. The highest BCUT2D eigenvalue weighted by Gasteiger charge is 2.20. The lowest BCUT2D eigenvalue weighted by atomic mass is 10.0. The summed E-state index contributed by atoms with van der Waals surface area (Å²) in [7, 11) is 6.27. The van der Waals surface area contributed by atoms with Crippen LogP contribution in [0.3, 0.4) is 0 Å². The molecule has 2 aromatic rings. The molecule has 36 heavy (non-hydrogen) atoms. The molecule has 9 nitrogen and oxygen atoms in total. The maximum Gasteiger partial charge on any atom is 0.407 e. The van der Waals surface area contributed by atoms with Crippen LogP contribution in [0, 0.1) is 11.8 Å². The molecule has 0 radical (unpaired) electrons. The van der Waals surface area contributed by atoms with Gasteiger partial charge in [-0.1, -0.05) is 11.8 Å². The van der Waals surface area contributed by atoms with Crippen LogP contribution < -0.4 is 24.3 Å². The first-order valence-corrected chi connectivity index (χ1v) is 11.4. The first-order chi connectivity index (χ1) is 17.2. The zero-order valence-corrected chi connectivity index (χ0v) is 21.8. The highest BCUT2D eigenvalue weighted by atomic mass is 16.7. The molecule has 1 N–H and O–H groups in total. The molecule has 0 unspecified atom stereocenters. The predicted octanol–water partition coefficient (Wildman–Crippen LogP) is 4.02. The van der Waals surface area contributed by atoms with E-state index in [0.29, 0.717) is 35.0 Å². The SMILES string of the molecule is COc1cc(C#Cc2cc3c(cc2CC(OC)OC)OCO3)c(CNC(=O)OC(C)(C)C)cc1OC. The smallest absolute Gasteiger partial charge is 0.407 e. The molecule has 0 aliphatic carbocycles. The van der Waals surface area contributed by atoms with Crippen LogP contribution in [0.15, 0.2) is 24.3 Å². The summed E-state index contributed by atoms with van der Waals surface area (Å²) < 4.78 is 38.1. The van der Waals surface area contributed by atoms with E-state index in [0.717, 1.165) is 16.7 Å². The zero-order valence-electron chi connectivity index (χ0n) is 21.8. The van der Waals surface area contributed by atoms with Crippen LogP contribution in [0.2, 0.25) is 0 Å². The summed E-state index contributed by atoms with van der Waals surface area (Å²) in [5, 5.41) is 2.77. The van der Waals surface area contributed by atoms with E-state index in [2.05, 4.69) is 17.2 Å². The maximum absolute atomic E-state index is 12.2. The quantitative estimate of drug-likeness (QED) is 0.430. The fourth-order valence-corrected chi connectivity index (χ4v) is 3.51. The van der Waals surface area contributed by atoms with Gasteiger partial charge in [-0.15, -0.1) is 0 Å². The van der Waals surface area contributed by atoms with Crippen LogP contribution in [-0.2, 0) is 27.2 Å². The molecule has 0 spiro atoms. The fourth-order valence-electron chi connectivity index (χ4n) is 3.51. The Morgan fingerprint density at radius 1 is 0.917 bits per heavy atom. The van der Waals surface area contributed by atoms with E-state index in [1.165, 1.54) is 0 Å². The second-order valence-corrected chi connectivity index (χ2v) is 8.94. The third-order valence-corrected chi connectivity index (χ3v) is 5.27. The van der Waals surface area contributed by atoms with Gasteiger partial charge in [-0.2, -0.15) is 0 Å². The largest absolute Gasteiger partial charge is 0.493 e. The van der Waals surface area contributed by atoms with Crippen molar-refractivity contribution in [2.75, 3.05) is 35.2 Å². The lowest BCUT2D eigenvalue weighted by Gasteiger charge is -2.20. The number of ether oxygens (including phenoxy) is 7. The number of amides is 1. The molecule has 0 aromatic heterocycles. The van der Waals surface area contributed by atoms with Crippen molar-refractivity contribution in [2.45, 2.75) is 45.6 Å². The molecular weight excluding hydrogens is 466 g/mol. The second kappa shape index (κ2) is 11.9. The molecular formula is C27H33NO8. The number of hydrogen-bond donors (Lipinski definition) is 1. The third kappa shape index (κ3) is 6.97. The van der Waals surface area contributed by atoms with Crippen molar-refractivity contribution >= 4 is 6.09 Å². The van der Waals surface area contributed by atoms with E-state index < -0.39 is 18.0 Å². The van der Waals surface area contributed by atoms with Crippen LogP contribution in [0.4, 0.5) is 4.79 Å². The normalized spacial score (nSPS) is 12.1. The molecule has 1 amide bonds. The summed E-state index contributed by atoms with van der Waals surface area (Å²) in [6.45, 7) is 5.75. The number of fused-ring (bicyclic) bond motifs is 1. The molecule has 0 atom stereocenters. The van der Waals surface area contributed by atoms with Crippen molar-refractivity contribution in [1.29, 1.82) is 0 Å². The first-order valence-electron chi connectivity index (χ1n) is 11.4. The van der Waals surface area contributed by atoms with Crippen LogP contribution >= 0.6 is 0 Å². The van der Waals surface area contributed by atoms with Crippen LogP contribution in [0.5, 0.6) is 23.0 Å². The molecule has 1 heterocycles. The number of alkyl carbamates (subject to hydrolysis) is 1. The van der Waals surface area contributed by atoms with E-state index >= 15 is 0 Å². The molecule has 3 rings (SSSR count). The molecule has 0 bridgehead atoms. The van der Waals surface area contributed by atoms with E-state index in [1.54, 1.807) is 61.3 Å². The molecule has 2 aromatic carbocycles. The standard InChI is InChI=1S/C27H33NO8/c1-27(2,3)36-26(29)28-15-20-13-22(31-5)21(30-4)10-18(20)9-8-17-11-23-24(35-16-34-23)12-19(17)14-25(32-6)33-7/h10-13,25H,14-16H2,1-7H3,(H,28,29). The Balaban J connectivity index is 1.99. The summed E-state index contributed by atoms with van der Waals surface area (Å²) in [6.07, 6.45) is -0.507. The van der Waals surface area contributed by atoms with Crippen molar-refractivity contribution in [1.82, 2.24) is 5.32 Å². The lowest BCUT2D eigenvalue weighted by molar-refractivity contribution is -0.100. The molecule has 9 heteroatoms. The van der Waals surface area contributed by atoms with Gasteiger partial charge in [0.2, 0.25) is 6.79 Å². The minimum atomic E-state index is -0.609. The van der Waals surface area contributed by atoms with Crippen molar-refractivity contribution < 1.29 is 38.0 Å². The van der Waals surface area contributed by atoms with E-state index in [4.69, 9.17) is 33.2 Å². The Hall–Kier alpha value is -3.61. The number of rotatable bonds is 8. The predicted molar refractivity (Wildman–Crippen MR) is 133 cm³/mol. The summed E-state index contributed by atoms with van der Waals surface area (Å²) in [4.78, 5) is 12.2. The van der Waals surface area contributed by atoms with E-state index in [1.807, 2.05) is 12.1 Å². The van der Waals surface area contributed by atoms with Gasteiger partial charge in [0.15, 0.2) is 29.3 Å². The maximum atomic E-state index is 12.2. The Morgan fingerprint density at radius 2 is 1.50 bits per heavy atom. The van der Waals surface area contributed by atoms with Crippen LogP contribution in [0.25, 0.3) is 0 Å². The Labute approximate surface area is 211 Å². The van der Waals surface area contributed by atoms with Gasteiger partial charge in [0.1, 0.15) is 5.60 Å². The molecule has 1 aliphatic heterocycles. The third-order valence-electron chi connectivity index (χ3n) is 5.27. The van der Waals surface area contributed by atoms with Gasteiger partial charge >= 0.3 is 6.09 Å². The fraction of sp³-hybridized carbons (Fsp3) is 0.444. The number of methoxy groups -OCH3 is 4. The Bertz CT molecular complexity index is 1140. The monoisotopic (exact) mass is 499 g/mol. The Kier molecular flexibility index (Phi) is 8.91. The number of nitrogens with one attached hydrogen (secondary N) is 1. The van der Waals surface area contributed by atoms with Crippen LogP contribution in [0.1, 0.15) is 43.0 Å². The van der Waals surface area contributed by atoms with Crippen molar-refractivity contribution in [2.24, 2.45) is 0 Å². The highest BCUT2D eigenvalue weighted by Crippen LogP contribution is 2.35. The minimum Gasteiger partial charge on any atom is -0.493 e. The molecule has 194 valence electrons. The van der Waals surface area contributed by atoms with Crippen molar-refractivity contribution in [3.63, 3.8) is 0 Å². The topological polar surface area (TPSA) is 93.7 Å². The average Bonchev–Trinajstić information content (AvgIpc) is 3.30. The summed E-state index contributed by atoms with van der Waals surface area (Å²) in [5.41, 5.74) is 2.40. The summed E-state index contributed by atoms with van der Waals surface area (Å²) in [6, 6.07) is 7.29. The zero-order chi connectivity index (χ0) is 26.3. The van der Waals surface area contributed by atoms with Gasteiger partial charge in [-0.3, -0.25) is 0 Å². The van der Waals surface area contributed by atoms with Gasteiger partial charge in [0.25, 0.3) is 0 Å². The summed E-state index contributed by atoms with van der Waals surface area (Å²) >= 11 is 0. The number of carbonyl (C=O) groups excluding carboxylic acids is 1. The molecule has 0 saturated heterocycles. The average molecular weight is 500 g/mol. The minimum absolute atomic E-state index is 0.153. The summed E-state index contributed by atoms with van der Waals surface area (Å²) in [5.74, 6) is 8.76. The number of hydrogen-bond acceptors (Lipinski definition) is 8. The molecule has 0 saturated carbocycles. The number of benzene rings is 2. The van der Waals surface area contributed by atoms with Gasteiger partial charge in [0.05, 0.1) is 14.2 Å². The van der Waals surface area contributed by atoms with Gasteiger partial charge in [0, 0.05) is 44.4 Å². The van der Waals surface area contributed by atoms with Crippen molar-refractivity contribution in [3.8, 4) is 34.8 Å². The first kappa shape index (κ1) is 27.0. The lowest BCUT2D eigenvalue weighted by Crippen LogP contribution is -2.32. The van der Waals surface area contributed by atoms with Gasteiger partial charge in [-0.25, -0.2) is 4.79 Å². The molecule has 1 aliphatic rings.